The summed E-state index contributed by atoms with van der Waals surface area (Å²) in [5, 5.41) is 0.772. The second kappa shape index (κ2) is 3.66. The predicted molar refractivity (Wildman–Crippen MR) is 42.1 cm³/mol. The third-order valence-corrected chi connectivity index (χ3v) is 2.23. The molecular weight excluding hydrogens is 146 g/mol. The summed E-state index contributed by atoms with van der Waals surface area (Å²) in [6.45, 7) is 4.35. The van der Waals surface area contributed by atoms with Gasteiger partial charge in [0.1, 0.15) is 6.26 Å². The van der Waals surface area contributed by atoms with E-state index < -0.39 is 0 Å². The van der Waals surface area contributed by atoms with E-state index in [1.54, 1.807) is 24.2 Å². The van der Waals surface area contributed by atoms with Crippen LogP contribution in [0.2, 0.25) is 0 Å². The molecule has 0 aliphatic heterocycles. The summed E-state index contributed by atoms with van der Waals surface area (Å²) in [6, 6.07) is 0. The Morgan fingerprint density at radius 2 is 2.50 bits per heavy atom. The zero-order valence-corrected chi connectivity index (χ0v) is 7.02. The van der Waals surface area contributed by atoms with E-state index >= 15 is 0 Å². The van der Waals surface area contributed by atoms with Gasteiger partial charge in [-0.05, 0) is 5.92 Å². The Morgan fingerprint density at radius 3 is 3.00 bits per heavy atom. The first kappa shape index (κ1) is 7.66. The lowest BCUT2D eigenvalue weighted by atomic mass is 10.3. The molecule has 1 heterocycles. The molecule has 56 valence electrons. The van der Waals surface area contributed by atoms with Crippen LogP contribution in [0.25, 0.3) is 0 Å². The minimum absolute atomic E-state index is 0.692. The van der Waals surface area contributed by atoms with Gasteiger partial charge in [0, 0.05) is 5.75 Å². The molecule has 0 amide bonds. The number of oxazole rings is 1. The predicted octanol–water partition coefficient (Wildman–Crippen LogP) is 2.42. The summed E-state index contributed by atoms with van der Waals surface area (Å²) in [7, 11) is 0. The Kier molecular flexibility index (Phi) is 2.81. The highest BCUT2D eigenvalue weighted by atomic mass is 32.2. The number of nitrogens with zero attached hydrogens (tertiary/aromatic N) is 1. The third-order valence-electron chi connectivity index (χ3n) is 0.950. The Hall–Kier alpha value is -0.440. The van der Waals surface area contributed by atoms with Crippen LogP contribution < -0.4 is 0 Å². The van der Waals surface area contributed by atoms with Crippen LogP contribution >= 0.6 is 11.8 Å². The first-order valence-corrected chi connectivity index (χ1v) is 4.30. The average Bonchev–Trinajstić information content (AvgIpc) is 2.34. The van der Waals surface area contributed by atoms with E-state index in [1.807, 2.05) is 0 Å². The van der Waals surface area contributed by atoms with Crippen LogP contribution in [0, 0.1) is 5.92 Å². The molecule has 1 rings (SSSR count). The largest absolute Gasteiger partial charge is 0.440 e. The van der Waals surface area contributed by atoms with Crippen molar-refractivity contribution < 1.29 is 4.42 Å². The fourth-order valence-electron chi connectivity index (χ4n) is 0.520. The van der Waals surface area contributed by atoms with E-state index in [2.05, 4.69) is 18.8 Å². The molecule has 0 aromatic carbocycles. The van der Waals surface area contributed by atoms with E-state index in [4.69, 9.17) is 4.42 Å². The van der Waals surface area contributed by atoms with Crippen molar-refractivity contribution in [2.24, 2.45) is 5.92 Å². The van der Waals surface area contributed by atoms with E-state index in [0.29, 0.717) is 5.92 Å². The summed E-state index contributed by atoms with van der Waals surface area (Å²) < 4.78 is 5.04. The summed E-state index contributed by atoms with van der Waals surface area (Å²) >= 11 is 1.66. The summed E-state index contributed by atoms with van der Waals surface area (Å²) in [5.74, 6) is 1.76. The van der Waals surface area contributed by atoms with Gasteiger partial charge in [-0.25, -0.2) is 4.98 Å². The highest BCUT2D eigenvalue weighted by Crippen LogP contribution is 2.17. The number of rotatable bonds is 3. The van der Waals surface area contributed by atoms with E-state index in [1.165, 1.54) is 0 Å². The van der Waals surface area contributed by atoms with Gasteiger partial charge in [0.2, 0.25) is 0 Å². The Labute approximate surface area is 65.0 Å². The summed E-state index contributed by atoms with van der Waals surface area (Å²) in [4.78, 5) is 3.98. The first-order valence-electron chi connectivity index (χ1n) is 3.31. The van der Waals surface area contributed by atoms with Crippen molar-refractivity contribution in [2.45, 2.75) is 19.1 Å². The van der Waals surface area contributed by atoms with Gasteiger partial charge in [-0.2, -0.15) is 0 Å². The van der Waals surface area contributed by atoms with Gasteiger partial charge in [-0.1, -0.05) is 25.6 Å². The maximum absolute atomic E-state index is 5.04. The second-order valence-electron chi connectivity index (χ2n) is 2.50. The minimum Gasteiger partial charge on any atom is -0.440 e. The molecule has 0 spiro atoms. The molecular formula is C7H11NOS. The average molecular weight is 157 g/mol. The van der Waals surface area contributed by atoms with Crippen molar-refractivity contribution in [1.82, 2.24) is 4.98 Å². The molecule has 0 fully saturated rings. The Morgan fingerprint density at radius 1 is 1.70 bits per heavy atom. The molecule has 3 heteroatoms. The second-order valence-corrected chi connectivity index (χ2v) is 3.47. The van der Waals surface area contributed by atoms with Crippen molar-refractivity contribution in [2.75, 3.05) is 5.75 Å². The van der Waals surface area contributed by atoms with Crippen LogP contribution in [0.5, 0.6) is 0 Å². The molecule has 0 unspecified atom stereocenters. The molecule has 2 nitrogen and oxygen atoms in total. The maximum atomic E-state index is 5.04. The van der Waals surface area contributed by atoms with Crippen molar-refractivity contribution in [1.29, 1.82) is 0 Å². The zero-order chi connectivity index (χ0) is 7.40. The van der Waals surface area contributed by atoms with E-state index in [9.17, 15) is 0 Å². The third kappa shape index (κ3) is 2.43. The molecule has 0 saturated heterocycles. The molecule has 0 N–H and O–H groups in total. The molecule has 0 radical (unpaired) electrons. The lowest BCUT2D eigenvalue weighted by molar-refractivity contribution is 0.453. The SMILES string of the molecule is CC(C)CSc1ncco1. The van der Waals surface area contributed by atoms with Gasteiger partial charge in [0.05, 0.1) is 6.20 Å². The van der Waals surface area contributed by atoms with Crippen molar-refractivity contribution in [3.8, 4) is 0 Å². The molecule has 1 aromatic rings. The molecule has 0 bridgehead atoms. The normalized spacial score (nSPS) is 10.7. The van der Waals surface area contributed by atoms with Gasteiger partial charge in [-0.3, -0.25) is 0 Å². The topological polar surface area (TPSA) is 26.0 Å². The lowest BCUT2D eigenvalue weighted by Crippen LogP contribution is -1.89. The van der Waals surface area contributed by atoms with Crippen molar-refractivity contribution in [3.63, 3.8) is 0 Å². The number of hydrogen-bond acceptors (Lipinski definition) is 3. The standard InChI is InChI=1S/C7H11NOS/c1-6(2)5-10-7-8-3-4-9-7/h3-4,6H,5H2,1-2H3. The maximum Gasteiger partial charge on any atom is 0.255 e. The zero-order valence-electron chi connectivity index (χ0n) is 6.20. The van der Waals surface area contributed by atoms with Crippen molar-refractivity contribution >= 4 is 11.8 Å². The number of thioether (sulfide) groups is 1. The lowest BCUT2D eigenvalue weighted by Gasteiger charge is -1.98. The van der Waals surface area contributed by atoms with Gasteiger partial charge in [0.15, 0.2) is 0 Å². The van der Waals surface area contributed by atoms with Crippen molar-refractivity contribution in [3.05, 3.63) is 12.5 Å². The molecule has 1 aromatic heterocycles. The van der Waals surface area contributed by atoms with Crippen LogP contribution in [0.4, 0.5) is 0 Å². The highest BCUT2D eigenvalue weighted by molar-refractivity contribution is 7.99. The van der Waals surface area contributed by atoms with Crippen LogP contribution in [-0.4, -0.2) is 10.7 Å². The van der Waals surface area contributed by atoms with Gasteiger partial charge < -0.3 is 4.42 Å². The molecule has 0 aliphatic rings. The van der Waals surface area contributed by atoms with Gasteiger partial charge in [0.25, 0.3) is 5.22 Å². The van der Waals surface area contributed by atoms with Gasteiger partial charge in [-0.15, -0.1) is 0 Å². The molecule has 0 aliphatic carbocycles. The molecule has 0 atom stereocenters. The number of hydrogen-bond donors (Lipinski definition) is 0. The smallest absolute Gasteiger partial charge is 0.255 e. The summed E-state index contributed by atoms with van der Waals surface area (Å²) in [6.07, 6.45) is 3.27. The van der Waals surface area contributed by atoms with E-state index in [-0.39, 0.29) is 0 Å². The molecule has 0 saturated carbocycles. The van der Waals surface area contributed by atoms with Crippen LogP contribution in [0.15, 0.2) is 22.1 Å². The number of aromatic nitrogens is 1. The Bertz CT molecular complexity index is 172. The Balaban J connectivity index is 2.28. The fourth-order valence-corrected chi connectivity index (χ4v) is 1.25. The summed E-state index contributed by atoms with van der Waals surface area (Å²) in [5.41, 5.74) is 0. The van der Waals surface area contributed by atoms with Crippen LogP contribution in [0.1, 0.15) is 13.8 Å². The minimum atomic E-state index is 0.692. The quantitative estimate of drug-likeness (QED) is 0.630. The highest BCUT2D eigenvalue weighted by Gasteiger charge is 1.99. The van der Waals surface area contributed by atoms with Crippen LogP contribution in [0.3, 0.4) is 0 Å². The molecule has 10 heavy (non-hydrogen) atoms. The monoisotopic (exact) mass is 157 g/mol. The van der Waals surface area contributed by atoms with E-state index in [0.717, 1.165) is 11.0 Å². The fraction of sp³-hybridized carbons (Fsp3) is 0.571. The van der Waals surface area contributed by atoms with Gasteiger partial charge >= 0.3 is 0 Å². The first-order chi connectivity index (χ1) is 4.79. The van der Waals surface area contributed by atoms with Crippen LogP contribution in [-0.2, 0) is 0 Å².